The van der Waals surface area contributed by atoms with Gasteiger partial charge in [-0.1, -0.05) is 25.2 Å². The molecule has 1 saturated carbocycles. The van der Waals surface area contributed by atoms with Gasteiger partial charge in [-0.15, -0.1) is 0 Å². The Balaban J connectivity index is 2.14. The van der Waals surface area contributed by atoms with Gasteiger partial charge in [0, 0.05) is 11.8 Å². The van der Waals surface area contributed by atoms with E-state index in [4.69, 9.17) is 22.7 Å². The van der Waals surface area contributed by atoms with Gasteiger partial charge in [-0.3, -0.25) is 4.79 Å². The van der Waals surface area contributed by atoms with E-state index in [9.17, 15) is 4.79 Å². The van der Waals surface area contributed by atoms with Crippen molar-refractivity contribution >= 4 is 28.8 Å². The predicted molar refractivity (Wildman–Crippen MR) is 79.2 cm³/mol. The molecule has 0 radical (unpaired) electrons. The highest BCUT2D eigenvalue weighted by molar-refractivity contribution is 7.80. The summed E-state index contributed by atoms with van der Waals surface area (Å²) < 4.78 is 5.13. The van der Waals surface area contributed by atoms with Gasteiger partial charge in [0.15, 0.2) is 0 Å². The van der Waals surface area contributed by atoms with E-state index < -0.39 is 5.41 Å². The van der Waals surface area contributed by atoms with Crippen LogP contribution in [-0.2, 0) is 4.79 Å². The Morgan fingerprint density at radius 1 is 1.53 bits per heavy atom. The molecule has 0 heterocycles. The van der Waals surface area contributed by atoms with E-state index in [2.05, 4.69) is 12.2 Å². The molecule has 19 heavy (non-hydrogen) atoms. The largest absolute Gasteiger partial charge is 0.497 e. The van der Waals surface area contributed by atoms with Crippen molar-refractivity contribution in [3.05, 3.63) is 24.3 Å². The Kier molecular flexibility index (Phi) is 3.75. The maximum atomic E-state index is 12.4. The van der Waals surface area contributed by atoms with Gasteiger partial charge >= 0.3 is 0 Å². The molecular formula is C14H18N2O2S. The minimum atomic E-state index is -0.683. The fraction of sp³-hybridized carbons (Fsp3) is 0.429. The minimum absolute atomic E-state index is 0.119. The van der Waals surface area contributed by atoms with Crippen LogP contribution in [0.15, 0.2) is 24.3 Å². The summed E-state index contributed by atoms with van der Waals surface area (Å²) in [6.07, 6.45) is 1.44. The maximum Gasteiger partial charge on any atom is 0.237 e. The molecule has 0 bridgehead atoms. The van der Waals surface area contributed by atoms with Crippen molar-refractivity contribution in [2.45, 2.75) is 19.8 Å². The number of hydrogen-bond donors (Lipinski definition) is 2. The van der Waals surface area contributed by atoms with Crippen molar-refractivity contribution < 1.29 is 9.53 Å². The van der Waals surface area contributed by atoms with Gasteiger partial charge < -0.3 is 15.8 Å². The van der Waals surface area contributed by atoms with Gasteiger partial charge in [0.25, 0.3) is 0 Å². The number of rotatable bonds is 4. The highest BCUT2D eigenvalue weighted by atomic mass is 32.1. The van der Waals surface area contributed by atoms with Gasteiger partial charge in [-0.05, 0) is 30.9 Å². The van der Waals surface area contributed by atoms with Crippen molar-refractivity contribution in [3.8, 4) is 5.75 Å². The molecule has 0 saturated heterocycles. The summed E-state index contributed by atoms with van der Waals surface area (Å²) in [6, 6.07) is 7.23. The Labute approximate surface area is 118 Å². The van der Waals surface area contributed by atoms with E-state index in [0.717, 1.165) is 12.8 Å². The van der Waals surface area contributed by atoms with Crippen molar-refractivity contribution in [1.82, 2.24) is 0 Å². The second-order valence-corrected chi connectivity index (χ2v) is 5.59. The highest BCUT2D eigenvalue weighted by Gasteiger charge is 2.50. The van der Waals surface area contributed by atoms with Crippen LogP contribution in [-0.4, -0.2) is 18.0 Å². The fourth-order valence-electron chi connectivity index (χ4n) is 2.58. The Hall–Kier alpha value is -1.62. The number of ether oxygens (including phenoxy) is 1. The third-order valence-corrected chi connectivity index (χ3v) is 4.02. The summed E-state index contributed by atoms with van der Waals surface area (Å²) in [6.45, 7) is 2.09. The SMILES string of the molecule is COc1cccc(NC(=O)C2(C(N)=S)CC(C)C2)c1. The summed E-state index contributed by atoms with van der Waals surface area (Å²) in [5.74, 6) is 1.06. The van der Waals surface area contributed by atoms with Gasteiger partial charge in [0.2, 0.25) is 5.91 Å². The topological polar surface area (TPSA) is 64.3 Å². The lowest BCUT2D eigenvalue weighted by Gasteiger charge is -2.44. The Morgan fingerprint density at radius 3 is 2.74 bits per heavy atom. The first-order valence-electron chi connectivity index (χ1n) is 6.23. The van der Waals surface area contributed by atoms with E-state index >= 15 is 0 Å². The normalized spacial score (nSPS) is 25.3. The molecule has 0 atom stereocenters. The minimum Gasteiger partial charge on any atom is -0.497 e. The lowest BCUT2D eigenvalue weighted by molar-refractivity contribution is -0.127. The fourth-order valence-corrected chi connectivity index (χ4v) is 2.84. The Bertz CT molecular complexity index is 510. The van der Waals surface area contributed by atoms with Crippen LogP contribution in [0.1, 0.15) is 19.8 Å². The third-order valence-electron chi connectivity index (χ3n) is 3.63. The van der Waals surface area contributed by atoms with Crippen LogP contribution in [0.2, 0.25) is 0 Å². The van der Waals surface area contributed by atoms with Crippen molar-refractivity contribution in [1.29, 1.82) is 0 Å². The summed E-state index contributed by atoms with van der Waals surface area (Å²) in [7, 11) is 1.59. The summed E-state index contributed by atoms with van der Waals surface area (Å²) in [5, 5.41) is 2.87. The number of benzene rings is 1. The maximum absolute atomic E-state index is 12.4. The molecule has 1 aliphatic carbocycles. The molecule has 2 rings (SSSR count). The number of thiocarbonyl (C=S) groups is 1. The second kappa shape index (κ2) is 5.17. The van der Waals surface area contributed by atoms with Crippen LogP contribution in [0.5, 0.6) is 5.75 Å². The smallest absolute Gasteiger partial charge is 0.237 e. The van der Waals surface area contributed by atoms with Gasteiger partial charge in [-0.2, -0.15) is 0 Å². The molecular weight excluding hydrogens is 260 g/mol. The lowest BCUT2D eigenvalue weighted by Crippen LogP contribution is -2.53. The van der Waals surface area contributed by atoms with E-state index in [1.807, 2.05) is 18.2 Å². The molecule has 4 nitrogen and oxygen atoms in total. The molecule has 1 aromatic carbocycles. The zero-order valence-electron chi connectivity index (χ0n) is 11.1. The molecule has 0 aromatic heterocycles. The number of amides is 1. The molecule has 1 fully saturated rings. The van der Waals surface area contributed by atoms with Crippen LogP contribution in [0.25, 0.3) is 0 Å². The average Bonchev–Trinajstić information content (AvgIpc) is 2.34. The Morgan fingerprint density at radius 2 is 2.21 bits per heavy atom. The number of carbonyl (C=O) groups is 1. The van der Waals surface area contributed by atoms with Crippen LogP contribution in [0.4, 0.5) is 5.69 Å². The van der Waals surface area contributed by atoms with Crippen LogP contribution >= 0.6 is 12.2 Å². The van der Waals surface area contributed by atoms with Crippen LogP contribution in [0.3, 0.4) is 0 Å². The van der Waals surface area contributed by atoms with E-state index in [1.54, 1.807) is 13.2 Å². The van der Waals surface area contributed by atoms with Crippen LogP contribution < -0.4 is 15.8 Å². The number of nitrogens with one attached hydrogen (secondary N) is 1. The molecule has 0 unspecified atom stereocenters. The first kappa shape index (κ1) is 13.8. The standard InChI is InChI=1S/C14H18N2O2S/c1-9-7-14(8-9,12(15)19)13(17)16-10-4-3-5-11(6-10)18-2/h3-6,9H,7-8H2,1-2H3,(H2,15,19)(H,16,17). The zero-order chi connectivity index (χ0) is 14.0. The average molecular weight is 278 g/mol. The summed E-state index contributed by atoms with van der Waals surface area (Å²) in [5.41, 5.74) is 5.76. The quantitative estimate of drug-likeness (QED) is 0.830. The molecule has 102 valence electrons. The molecule has 5 heteroatoms. The molecule has 0 spiro atoms. The van der Waals surface area contributed by atoms with Crippen LogP contribution in [0, 0.1) is 11.3 Å². The second-order valence-electron chi connectivity index (χ2n) is 5.15. The summed E-state index contributed by atoms with van der Waals surface area (Å²) >= 11 is 5.07. The summed E-state index contributed by atoms with van der Waals surface area (Å²) in [4.78, 5) is 12.7. The molecule has 0 aliphatic heterocycles. The van der Waals surface area contributed by atoms with Crippen molar-refractivity contribution in [2.24, 2.45) is 17.1 Å². The number of methoxy groups -OCH3 is 1. The van der Waals surface area contributed by atoms with Crippen molar-refractivity contribution in [2.75, 3.05) is 12.4 Å². The first-order chi connectivity index (χ1) is 8.98. The van der Waals surface area contributed by atoms with E-state index in [0.29, 0.717) is 17.4 Å². The zero-order valence-corrected chi connectivity index (χ0v) is 11.9. The number of nitrogens with two attached hydrogens (primary N) is 1. The van der Waals surface area contributed by atoms with Gasteiger partial charge in [-0.25, -0.2) is 0 Å². The first-order valence-corrected chi connectivity index (χ1v) is 6.64. The molecule has 3 N–H and O–H groups in total. The van der Waals surface area contributed by atoms with E-state index in [-0.39, 0.29) is 10.9 Å². The number of carbonyl (C=O) groups excluding carboxylic acids is 1. The molecule has 1 aromatic rings. The highest BCUT2D eigenvalue weighted by Crippen LogP contribution is 2.46. The molecule has 1 amide bonds. The van der Waals surface area contributed by atoms with Gasteiger partial charge in [0.1, 0.15) is 5.75 Å². The predicted octanol–water partition coefficient (Wildman–Crippen LogP) is 2.34. The molecule has 1 aliphatic rings. The van der Waals surface area contributed by atoms with Gasteiger partial charge in [0.05, 0.1) is 17.5 Å². The monoisotopic (exact) mass is 278 g/mol. The van der Waals surface area contributed by atoms with Crippen molar-refractivity contribution in [3.63, 3.8) is 0 Å². The van der Waals surface area contributed by atoms with E-state index in [1.165, 1.54) is 0 Å². The third kappa shape index (κ3) is 2.56. The lowest BCUT2D eigenvalue weighted by atomic mass is 9.62. The number of anilines is 1. The number of hydrogen-bond acceptors (Lipinski definition) is 3.